The van der Waals surface area contributed by atoms with Gasteiger partial charge in [-0.3, -0.25) is 0 Å². The fourth-order valence-corrected chi connectivity index (χ4v) is 3.32. The van der Waals surface area contributed by atoms with Crippen molar-refractivity contribution < 1.29 is 8.42 Å². The molecule has 5 nitrogen and oxygen atoms in total. The van der Waals surface area contributed by atoms with Crippen LogP contribution in [0.4, 0.5) is 0 Å². The Morgan fingerprint density at radius 1 is 1.30 bits per heavy atom. The number of piperidine rings is 1. The number of hydrogen-bond acceptors (Lipinski definition) is 4. The summed E-state index contributed by atoms with van der Waals surface area (Å²) >= 11 is 0. The van der Waals surface area contributed by atoms with E-state index in [-0.39, 0.29) is 5.41 Å². The van der Waals surface area contributed by atoms with Crippen molar-refractivity contribution in [2.24, 2.45) is 5.41 Å². The summed E-state index contributed by atoms with van der Waals surface area (Å²) in [6.45, 7) is 6.14. The minimum atomic E-state index is -3.02. The number of sulfonamides is 1. The second kappa shape index (κ2) is 7.39. The lowest BCUT2D eigenvalue weighted by Gasteiger charge is -2.30. The lowest BCUT2D eigenvalue weighted by atomic mass is 9.89. The second-order valence-corrected chi connectivity index (χ2v) is 8.33. The van der Waals surface area contributed by atoms with Crippen molar-refractivity contribution in [2.75, 3.05) is 25.9 Å². The third-order valence-electron chi connectivity index (χ3n) is 3.89. The van der Waals surface area contributed by atoms with E-state index in [4.69, 9.17) is 5.26 Å². The molecule has 0 atom stereocenters. The van der Waals surface area contributed by atoms with E-state index in [1.54, 1.807) is 4.31 Å². The van der Waals surface area contributed by atoms with Gasteiger partial charge < -0.3 is 5.32 Å². The molecule has 116 valence electrons. The van der Waals surface area contributed by atoms with Crippen LogP contribution < -0.4 is 5.32 Å². The number of rotatable bonds is 7. The van der Waals surface area contributed by atoms with E-state index >= 15 is 0 Å². The van der Waals surface area contributed by atoms with Gasteiger partial charge in [0.05, 0.1) is 17.7 Å². The highest BCUT2D eigenvalue weighted by molar-refractivity contribution is 7.88. The Morgan fingerprint density at radius 3 is 2.40 bits per heavy atom. The van der Waals surface area contributed by atoms with Gasteiger partial charge in [0.15, 0.2) is 0 Å². The second-order valence-electron chi connectivity index (χ2n) is 6.34. The first kappa shape index (κ1) is 17.4. The molecule has 6 heteroatoms. The largest absolute Gasteiger partial charge is 0.314 e. The molecule has 0 aromatic carbocycles. The van der Waals surface area contributed by atoms with E-state index in [1.807, 2.05) is 13.8 Å². The molecule has 0 saturated carbocycles. The van der Waals surface area contributed by atoms with Crippen LogP contribution in [0.2, 0.25) is 0 Å². The summed E-state index contributed by atoms with van der Waals surface area (Å²) in [5.74, 6) is 0. The number of nitrogens with one attached hydrogen (secondary N) is 1. The van der Waals surface area contributed by atoms with E-state index in [0.717, 1.165) is 38.6 Å². The zero-order chi connectivity index (χ0) is 15.2. The molecule has 1 heterocycles. The SMILES string of the molecule is CC(C)(C#N)CCCCNC1CCN(S(C)(=O)=O)CC1. The van der Waals surface area contributed by atoms with E-state index < -0.39 is 10.0 Å². The summed E-state index contributed by atoms with van der Waals surface area (Å²) in [6, 6.07) is 2.75. The molecule has 0 aliphatic carbocycles. The van der Waals surface area contributed by atoms with Crippen molar-refractivity contribution in [3.05, 3.63) is 0 Å². The van der Waals surface area contributed by atoms with Gasteiger partial charge in [-0.15, -0.1) is 0 Å². The highest BCUT2D eigenvalue weighted by Crippen LogP contribution is 2.21. The molecule has 1 fully saturated rings. The van der Waals surface area contributed by atoms with Gasteiger partial charge in [0.2, 0.25) is 10.0 Å². The summed E-state index contributed by atoms with van der Waals surface area (Å²) in [6.07, 6.45) is 6.09. The van der Waals surface area contributed by atoms with Crippen molar-refractivity contribution in [1.29, 1.82) is 5.26 Å². The van der Waals surface area contributed by atoms with Crippen LogP contribution in [0.15, 0.2) is 0 Å². The molecule has 0 spiro atoms. The Balaban J connectivity index is 2.12. The molecule has 0 radical (unpaired) electrons. The van der Waals surface area contributed by atoms with Crippen molar-refractivity contribution in [3.8, 4) is 6.07 Å². The first-order chi connectivity index (χ1) is 9.24. The van der Waals surface area contributed by atoms with Gasteiger partial charge in [-0.05, 0) is 46.1 Å². The Kier molecular flexibility index (Phi) is 6.44. The quantitative estimate of drug-likeness (QED) is 0.727. The zero-order valence-corrected chi connectivity index (χ0v) is 13.7. The average molecular weight is 301 g/mol. The van der Waals surface area contributed by atoms with Gasteiger partial charge in [-0.2, -0.15) is 5.26 Å². The molecule has 1 saturated heterocycles. The van der Waals surface area contributed by atoms with Gasteiger partial charge in [-0.25, -0.2) is 12.7 Å². The minimum Gasteiger partial charge on any atom is -0.314 e. The molecule has 0 aromatic heterocycles. The Bertz CT molecular complexity index is 432. The maximum Gasteiger partial charge on any atom is 0.211 e. The summed E-state index contributed by atoms with van der Waals surface area (Å²) in [4.78, 5) is 0. The number of nitrogens with zero attached hydrogens (tertiary/aromatic N) is 2. The Morgan fingerprint density at radius 2 is 1.90 bits per heavy atom. The Labute approximate surface area is 123 Å². The van der Waals surface area contributed by atoms with Crippen LogP contribution in [-0.4, -0.2) is 44.7 Å². The fourth-order valence-electron chi connectivity index (χ4n) is 2.45. The van der Waals surface area contributed by atoms with Crippen LogP contribution in [-0.2, 0) is 10.0 Å². The highest BCUT2D eigenvalue weighted by Gasteiger charge is 2.24. The third kappa shape index (κ3) is 6.21. The van der Waals surface area contributed by atoms with Crippen LogP contribution in [0.3, 0.4) is 0 Å². The van der Waals surface area contributed by atoms with Crippen molar-refractivity contribution >= 4 is 10.0 Å². The van der Waals surface area contributed by atoms with E-state index in [2.05, 4.69) is 11.4 Å². The molecule has 1 aliphatic rings. The molecule has 0 amide bonds. The van der Waals surface area contributed by atoms with Crippen LogP contribution in [0.1, 0.15) is 46.0 Å². The van der Waals surface area contributed by atoms with Crippen molar-refractivity contribution in [3.63, 3.8) is 0 Å². The van der Waals surface area contributed by atoms with E-state index in [0.29, 0.717) is 19.1 Å². The molecule has 1 aliphatic heterocycles. The number of nitriles is 1. The maximum absolute atomic E-state index is 11.4. The third-order valence-corrected chi connectivity index (χ3v) is 5.19. The molecule has 0 aromatic rings. The smallest absolute Gasteiger partial charge is 0.211 e. The van der Waals surface area contributed by atoms with Crippen molar-refractivity contribution in [1.82, 2.24) is 9.62 Å². The molecule has 0 bridgehead atoms. The maximum atomic E-state index is 11.4. The van der Waals surface area contributed by atoms with E-state index in [1.165, 1.54) is 6.26 Å². The first-order valence-electron chi connectivity index (χ1n) is 7.34. The molecule has 0 unspecified atom stereocenters. The van der Waals surface area contributed by atoms with Gasteiger partial charge >= 0.3 is 0 Å². The van der Waals surface area contributed by atoms with Crippen LogP contribution in [0.25, 0.3) is 0 Å². The van der Waals surface area contributed by atoms with Crippen LogP contribution in [0, 0.1) is 16.7 Å². The average Bonchev–Trinajstić information content (AvgIpc) is 2.38. The topological polar surface area (TPSA) is 73.2 Å². The molecule has 20 heavy (non-hydrogen) atoms. The lowest BCUT2D eigenvalue weighted by molar-refractivity contribution is 0.289. The zero-order valence-electron chi connectivity index (χ0n) is 12.9. The summed E-state index contributed by atoms with van der Waals surface area (Å²) in [5, 5.41) is 12.4. The van der Waals surface area contributed by atoms with Crippen LogP contribution in [0.5, 0.6) is 0 Å². The van der Waals surface area contributed by atoms with Gasteiger partial charge in [0.1, 0.15) is 0 Å². The molecule has 1 rings (SSSR count). The summed E-state index contributed by atoms with van der Waals surface area (Å²) in [7, 11) is -3.02. The van der Waals surface area contributed by atoms with Crippen molar-refractivity contribution in [2.45, 2.75) is 52.0 Å². The molecular formula is C14H27N3O2S. The Hall–Kier alpha value is -0.640. The van der Waals surface area contributed by atoms with Crippen LogP contribution >= 0.6 is 0 Å². The standard InChI is InChI=1S/C14H27N3O2S/c1-14(2,12-15)8-4-5-9-16-13-6-10-17(11-7-13)20(3,18)19/h13,16H,4-11H2,1-3H3. The monoisotopic (exact) mass is 301 g/mol. The van der Waals surface area contributed by atoms with Gasteiger partial charge in [0, 0.05) is 19.1 Å². The summed E-state index contributed by atoms with van der Waals surface area (Å²) < 4.78 is 24.3. The predicted octanol–water partition coefficient (Wildman–Crippen LogP) is 1.72. The molecular weight excluding hydrogens is 274 g/mol. The minimum absolute atomic E-state index is 0.221. The number of unbranched alkanes of at least 4 members (excludes halogenated alkanes) is 1. The predicted molar refractivity (Wildman–Crippen MR) is 80.7 cm³/mol. The van der Waals surface area contributed by atoms with Gasteiger partial charge in [0.25, 0.3) is 0 Å². The fraction of sp³-hybridized carbons (Fsp3) is 0.929. The number of hydrogen-bond donors (Lipinski definition) is 1. The highest BCUT2D eigenvalue weighted by atomic mass is 32.2. The van der Waals surface area contributed by atoms with E-state index in [9.17, 15) is 8.42 Å². The molecule has 1 N–H and O–H groups in total. The summed E-state index contributed by atoms with van der Waals surface area (Å²) in [5.41, 5.74) is -0.221. The lowest BCUT2D eigenvalue weighted by Crippen LogP contribution is -2.44. The first-order valence-corrected chi connectivity index (χ1v) is 9.19. The van der Waals surface area contributed by atoms with Gasteiger partial charge in [-0.1, -0.05) is 6.42 Å². The normalized spacial score (nSPS) is 18.9.